The van der Waals surface area contributed by atoms with E-state index in [1.807, 2.05) is 0 Å². The minimum absolute atomic E-state index is 0.369. The van der Waals surface area contributed by atoms with E-state index in [4.69, 9.17) is 4.74 Å². The Bertz CT molecular complexity index is 294. The molecule has 3 aliphatic rings. The van der Waals surface area contributed by atoms with Gasteiger partial charge in [-0.2, -0.15) is 0 Å². The van der Waals surface area contributed by atoms with Crippen LogP contribution in [0.25, 0.3) is 0 Å². The Kier molecular flexibility index (Phi) is 2.46. The molecule has 3 fully saturated rings. The summed E-state index contributed by atoms with van der Waals surface area (Å²) in [5.41, 5.74) is -0.408. The number of aliphatic carboxylic acids is 1. The molecule has 0 aromatic heterocycles. The highest BCUT2D eigenvalue weighted by atomic mass is 16.6. The van der Waals surface area contributed by atoms with Crippen LogP contribution in [0.2, 0.25) is 0 Å². The summed E-state index contributed by atoms with van der Waals surface area (Å²) in [6.07, 6.45) is 9.21. The molecule has 3 nitrogen and oxygen atoms in total. The zero-order chi connectivity index (χ0) is 11.2. The van der Waals surface area contributed by atoms with Gasteiger partial charge in [-0.15, -0.1) is 0 Å². The quantitative estimate of drug-likeness (QED) is 0.733. The minimum atomic E-state index is -0.545. The third-order valence-electron chi connectivity index (χ3n) is 4.96. The van der Waals surface area contributed by atoms with Crippen molar-refractivity contribution in [3.8, 4) is 0 Å². The van der Waals surface area contributed by atoms with E-state index in [-0.39, 0.29) is 0 Å². The molecular weight excluding hydrogens is 204 g/mol. The molecule has 3 unspecified atom stereocenters. The summed E-state index contributed by atoms with van der Waals surface area (Å²) >= 11 is 0. The number of hydrogen-bond donors (Lipinski definition) is 1. The third kappa shape index (κ3) is 1.56. The molecule has 3 atom stereocenters. The summed E-state index contributed by atoms with van der Waals surface area (Å²) in [6.45, 7) is 0. The van der Waals surface area contributed by atoms with Crippen molar-refractivity contribution in [2.24, 2.45) is 11.3 Å². The fourth-order valence-corrected chi connectivity index (χ4v) is 3.89. The molecule has 16 heavy (non-hydrogen) atoms. The first-order chi connectivity index (χ1) is 7.72. The summed E-state index contributed by atoms with van der Waals surface area (Å²) in [7, 11) is 0. The van der Waals surface area contributed by atoms with E-state index < -0.39 is 11.4 Å². The lowest BCUT2D eigenvalue weighted by atomic mass is 9.62. The van der Waals surface area contributed by atoms with Gasteiger partial charge in [0.15, 0.2) is 0 Å². The van der Waals surface area contributed by atoms with Crippen molar-refractivity contribution in [2.45, 2.75) is 63.6 Å². The normalized spacial score (nSPS) is 41.1. The summed E-state index contributed by atoms with van der Waals surface area (Å²) < 4.78 is 5.53. The van der Waals surface area contributed by atoms with Crippen molar-refractivity contribution >= 4 is 5.97 Å². The van der Waals surface area contributed by atoms with E-state index in [0.717, 1.165) is 44.9 Å². The van der Waals surface area contributed by atoms with Crippen molar-refractivity contribution < 1.29 is 14.6 Å². The molecule has 0 amide bonds. The second-order valence-electron chi connectivity index (χ2n) is 5.74. The molecule has 2 saturated carbocycles. The first-order valence-electron chi connectivity index (χ1n) is 6.61. The molecule has 0 radical (unpaired) electrons. The monoisotopic (exact) mass is 224 g/mol. The maximum atomic E-state index is 11.7. The topological polar surface area (TPSA) is 49.8 Å². The Hall–Kier alpha value is -0.570. The van der Waals surface area contributed by atoms with Gasteiger partial charge in [0.2, 0.25) is 0 Å². The van der Waals surface area contributed by atoms with E-state index in [9.17, 15) is 9.90 Å². The van der Waals surface area contributed by atoms with Gasteiger partial charge >= 0.3 is 5.97 Å². The predicted molar refractivity (Wildman–Crippen MR) is 59.2 cm³/mol. The van der Waals surface area contributed by atoms with Crippen LogP contribution in [0.1, 0.15) is 51.4 Å². The minimum Gasteiger partial charge on any atom is -0.481 e. The highest BCUT2D eigenvalue weighted by Crippen LogP contribution is 2.52. The summed E-state index contributed by atoms with van der Waals surface area (Å²) in [4.78, 5) is 11.7. The van der Waals surface area contributed by atoms with Crippen LogP contribution in [0.4, 0.5) is 0 Å². The van der Waals surface area contributed by atoms with Crippen molar-refractivity contribution in [1.29, 1.82) is 0 Å². The maximum absolute atomic E-state index is 11.7. The molecule has 1 saturated heterocycles. The van der Waals surface area contributed by atoms with Crippen LogP contribution < -0.4 is 0 Å². The zero-order valence-electron chi connectivity index (χ0n) is 9.65. The number of ether oxygens (including phenoxy) is 1. The van der Waals surface area contributed by atoms with E-state index in [2.05, 4.69) is 0 Å². The van der Waals surface area contributed by atoms with Gasteiger partial charge in [0, 0.05) is 0 Å². The van der Waals surface area contributed by atoms with Crippen LogP contribution in [0.15, 0.2) is 0 Å². The number of carboxylic acids is 1. The molecule has 0 spiro atoms. The van der Waals surface area contributed by atoms with E-state index in [1.54, 1.807) is 0 Å². The summed E-state index contributed by atoms with van der Waals surface area (Å²) in [5, 5.41) is 9.60. The van der Waals surface area contributed by atoms with Crippen LogP contribution in [0, 0.1) is 11.3 Å². The highest BCUT2D eigenvalue weighted by Gasteiger charge is 2.53. The first kappa shape index (κ1) is 10.6. The van der Waals surface area contributed by atoms with Crippen LogP contribution in [0.5, 0.6) is 0 Å². The van der Waals surface area contributed by atoms with Gasteiger partial charge in [-0.05, 0) is 38.0 Å². The largest absolute Gasteiger partial charge is 0.481 e. The molecule has 1 heterocycles. The summed E-state index contributed by atoms with van der Waals surface area (Å²) in [6, 6.07) is 0. The fraction of sp³-hybridized carbons (Fsp3) is 0.923. The molecule has 3 heteroatoms. The number of epoxide rings is 1. The van der Waals surface area contributed by atoms with Gasteiger partial charge in [-0.3, -0.25) is 4.79 Å². The van der Waals surface area contributed by atoms with Crippen molar-refractivity contribution in [3.05, 3.63) is 0 Å². The smallest absolute Gasteiger partial charge is 0.309 e. The third-order valence-corrected chi connectivity index (χ3v) is 4.96. The molecule has 2 aliphatic carbocycles. The number of fused-ring (bicyclic) bond motifs is 1. The van der Waals surface area contributed by atoms with E-state index in [0.29, 0.717) is 18.1 Å². The molecular formula is C13H20O3. The Morgan fingerprint density at radius 3 is 2.50 bits per heavy atom. The fourth-order valence-electron chi connectivity index (χ4n) is 3.89. The van der Waals surface area contributed by atoms with Crippen molar-refractivity contribution in [3.63, 3.8) is 0 Å². The number of carboxylic acid groups (broad SMARTS) is 1. The van der Waals surface area contributed by atoms with Gasteiger partial charge < -0.3 is 9.84 Å². The van der Waals surface area contributed by atoms with E-state index in [1.165, 1.54) is 6.42 Å². The van der Waals surface area contributed by atoms with Gasteiger partial charge in [-0.1, -0.05) is 19.3 Å². The van der Waals surface area contributed by atoms with Gasteiger partial charge in [-0.25, -0.2) is 0 Å². The van der Waals surface area contributed by atoms with Gasteiger partial charge in [0.05, 0.1) is 17.6 Å². The predicted octanol–water partition coefficient (Wildman–Crippen LogP) is 2.59. The van der Waals surface area contributed by atoms with Crippen LogP contribution in [-0.2, 0) is 9.53 Å². The summed E-state index contributed by atoms with van der Waals surface area (Å²) in [5.74, 6) is -0.176. The highest BCUT2D eigenvalue weighted by molar-refractivity contribution is 5.75. The lowest BCUT2D eigenvalue weighted by Crippen LogP contribution is -2.42. The molecule has 1 aliphatic heterocycles. The van der Waals surface area contributed by atoms with Crippen molar-refractivity contribution in [2.75, 3.05) is 0 Å². The Labute approximate surface area is 96.2 Å². The SMILES string of the molecule is O=C(O)C1(C2CCC3OC3C2)CCCCC1. The average Bonchev–Trinajstić information content (AvgIpc) is 3.07. The molecule has 3 rings (SSSR count). The average molecular weight is 224 g/mol. The van der Waals surface area contributed by atoms with Crippen LogP contribution >= 0.6 is 0 Å². The Balaban J connectivity index is 1.78. The number of hydrogen-bond acceptors (Lipinski definition) is 2. The lowest BCUT2D eigenvalue weighted by Gasteiger charge is -2.41. The van der Waals surface area contributed by atoms with Gasteiger partial charge in [0.1, 0.15) is 0 Å². The molecule has 0 aromatic rings. The molecule has 0 aromatic carbocycles. The molecule has 0 bridgehead atoms. The first-order valence-corrected chi connectivity index (χ1v) is 6.61. The van der Waals surface area contributed by atoms with Crippen molar-refractivity contribution in [1.82, 2.24) is 0 Å². The maximum Gasteiger partial charge on any atom is 0.309 e. The van der Waals surface area contributed by atoms with Crippen LogP contribution in [0.3, 0.4) is 0 Å². The second-order valence-corrected chi connectivity index (χ2v) is 5.74. The molecule has 1 N–H and O–H groups in total. The van der Waals surface area contributed by atoms with Gasteiger partial charge in [0.25, 0.3) is 0 Å². The van der Waals surface area contributed by atoms with E-state index >= 15 is 0 Å². The zero-order valence-corrected chi connectivity index (χ0v) is 9.65. The lowest BCUT2D eigenvalue weighted by molar-refractivity contribution is -0.156. The van der Waals surface area contributed by atoms with Crippen LogP contribution in [-0.4, -0.2) is 23.3 Å². The molecule has 90 valence electrons. The number of carbonyl (C=O) groups is 1. The Morgan fingerprint density at radius 2 is 1.88 bits per heavy atom. The number of rotatable bonds is 2. The Morgan fingerprint density at radius 1 is 1.12 bits per heavy atom. The second kappa shape index (κ2) is 3.73. The standard InChI is InChI=1S/C13H20O3/c14-12(15)13(6-2-1-3-7-13)9-4-5-10-11(8-9)16-10/h9-11H,1-8H2,(H,14,15).